The maximum Gasteiger partial charge on any atom is 0.330 e. The molecule has 2 aliphatic heterocycles. The Hall–Kier alpha value is -3.32. The number of urea groups is 1. The molecule has 44 heavy (non-hydrogen) atoms. The minimum atomic E-state index is -0.374. The highest BCUT2D eigenvalue weighted by atomic mass is 35.5. The molecule has 1 aromatic carbocycles. The summed E-state index contributed by atoms with van der Waals surface area (Å²) in [6.07, 6.45) is 5.63. The fourth-order valence-corrected chi connectivity index (χ4v) is 7.03. The Morgan fingerprint density at radius 3 is 2.41 bits per heavy atom. The monoisotopic (exact) mass is 646 g/mol. The van der Waals surface area contributed by atoms with Gasteiger partial charge in [-0.3, -0.25) is 19.5 Å². The Morgan fingerprint density at radius 1 is 1.11 bits per heavy atom. The Bertz CT molecular complexity index is 1380. The average molecular weight is 648 g/mol. The molecule has 2 aromatic rings. The zero-order valence-electron chi connectivity index (χ0n) is 25.6. The van der Waals surface area contributed by atoms with Crippen LogP contribution >= 0.6 is 23.2 Å². The second-order valence-electron chi connectivity index (χ2n) is 11.2. The average Bonchev–Trinajstić information content (AvgIpc) is 3.04. The van der Waals surface area contributed by atoms with E-state index in [9.17, 15) is 9.59 Å². The number of likely N-dealkylation sites (N-methyl/N-ethyl adjacent to an activating group) is 1. The smallest absolute Gasteiger partial charge is 0.330 e. The van der Waals surface area contributed by atoms with E-state index in [1.54, 1.807) is 19.3 Å². The zero-order valence-corrected chi connectivity index (χ0v) is 27.1. The van der Waals surface area contributed by atoms with Crippen molar-refractivity contribution >= 4 is 52.6 Å². The van der Waals surface area contributed by atoms with Gasteiger partial charge in [-0.25, -0.2) is 9.78 Å². The second kappa shape index (κ2) is 13.8. The van der Waals surface area contributed by atoms with Crippen LogP contribution in [0.2, 0.25) is 10.0 Å². The maximum absolute atomic E-state index is 13.6. The van der Waals surface area contributed by atoms with Crippen LogP contribution in [0.4, 0.5) is 22.2 Å². The minimum absolute atomic E-state index is 0.0897. The summed E-state index contributed by atoms with van der Waals surface area (Å²) in [6.45, 7) is 11.2. The van der Waals surface area contributed by atoms with Gasteiger partial charge < -0.3 is 25.0 Å². The number of amides is 3. The molecule has 0 radical (unpaired) electrons. The van der Waals surface area contributed by atoms with Crippen LogP contribution in [0.15, 0.2) is 24.9 Å². The fourth-order valence-electron chi connectivity index (χ4n) is 6.33. The number of fused-ring (bicyclic) bond motifs is 1. The van der Waals surface area contributed by atoms with Crippen LogP contribution in [-0.2, 0) is 11.3 Å². The molecule has 238 valence electrons. The lowest BCUT2D eigenvalue weighted by atomic mass is 9.85. The lowest BCUT2D eigenvalue weighted by Gasteiger charge is -2.44. The number of halogens is 2. The van der Waals surface area contributed by atoms with E-state index in [0.29, 0.717) is 34.9 Å². The number of anilines is 3. The van der Waals surface area contributed by atoms with E-state index in [0.717, 1.165) is 52.0 Å². The molecular weight excluding hydrogens is 607 g/mol. The molecule has 2 N–H and O–H groups in total. The Morgan fingerprint density at radius 2 is 1.80 bits per heavy atom. The summed E-state index contributed by atoms with van der Waals surface area (Å²) in [5, 5.41) is 6.97. The predicted octanol–water partition coefficient (Wildman–Crippen LogP) is 4.02. The molecule has 3 heterocycles. The molecule has 1 aliphatic carbocycles. The number of ether oxygens (including phenoxy) is 2. The van der Waals surface area contributed by atoms with Crippen LogP contribution in [-0.4, -0.2) is 104 Å². The van der Waals surface area contributed by atoms with Gasteiger partial charge in [-0.05, 0) is 31.9 Å². The Kier molecular flexibility index (Phi) is 10.0. The van der Waals surface area contributed by atoms with Crippen LogP contribution in [0.5, 0.6) is 11.5 Å². The molecule has 14 heteroatoms. The zero-order chi connectivity index (χ0) is 31.5. The van der Waals surface area contributed by atoms with Gasteiger partial charge in [0.25, 0.3) is 0 Å². The minimum Gasteiger partial charge on any atom is -0.495 e. The molecule has 1 saturated carbocycles. The number of hydrogen-bond acceptors (Lipinski definition) is 9. The number of aromatic nitrogens is 2. The van der Waals surface area contributed by atoms with Crippen molar-refractivity contribution in [3.8, 4) is 11.5 Å². The molecule has 3 atom stereocenters. The number of hydrogen-bond donors (Lipinski definition) is 2. The molecule has 12 nitrogen and oxygen atoms in total. The van der Waals surface area contributed by atoms with Crippen molar-refractivity contribution in [1.82, 2.24) is 25.1 Å². The van der Waals surface area contributed by atoms with E-state index in [-0.39, 0.29) is 46.3 Å². The van der Waals surface area contributed by atoms with Crippen LogP contribution in [0, 0.1) is 0 Å². The van der Waals surface area contributed by atoms with Crippen LogP contribution < -0.4 is 29.9 Å². The van der Waals surface area contributed by atoms with Crippen molar-refractivity contribution in [1.29, 1.82) is 0 Å². The summed E-state index contributed by atoms with van der Waals surface area (Å²) < 4.78 is 10.8. The van der Waals surface area contributed by atoms with Crippen molar-refractivity contribution in [2.45, 2.75) is 50.9 Å². The van der Waals surface area contributed by atoms with E-state index in [1.807, 2.05) is 0 Å². The quantitative estimate of drug-likeness (QED) is 0.390. The number of benzene rings is 1. The van der Waals surface area contributed by atoms with Crippen molar-refractivity contribution in [2.75, 3.05) is 69.1 Å². The van der Waals surface area contributed by atoms with Crippen molar-refractivity contribution in [2.24, 2.45) is 0 Å². The molecule has 0 bridgehead atoms. The lowest BCUT2D eigenvalue weighted by molar-refractivity contribution is -0.117. The van der Waals surface area contributed by atoms with Gasteiger partial charge in [-0.2, -0.15) is 4.98 Å². The first kappa shape index (κ1) is 32.1. The SMILES string of the molecule is C=CC(=O)NC1CC(N2CCN(CC)CC2)CCC1Nc1ncc2c(n1)N(C)C(=O)N(c1c(Cl)c(OC)cc(OC)c1Cl)C2. The highest BCUT2D eigenvalue weighted by molar-refractivity contribution is 6.42. The number of piperazine rings is 1. The van der Waals surface area contributed by atoms with Crippen molar-refractivity contribution in [3.05, 3.63) is 40.5 Å². The number of carbonyl (C=O) groups is 2. The third-order valence-electron chi connectivity index (χ3n) is 8.85. The fraction of sp³-hybridized carbons (Fsp3) is 0.533. The molecule has 1 saturated heterocycles. The molecule has 3 amide bonds. The predicted molar refractivity (Wildman–Crippen MR) is 172 cm³/mol. The van der Waals surface area contributed by atoms with Gasteiger partial charge in [0.2, 0.25) is 11.9 Å². The molecule has 3 aliphatic rings. The van der Waals surface area contributed by atoms with Crippen molar-refractivity contribution < 1.29 is 19.1 Å². The first-order valence-corrected chi connectivity index (χ1v) is 15.6. The van der Waals surface area contributed by atoms with Crippen LogP contribution in [0.25, 0.3) is 0 Å². The lowest BCUT2D eigenvalue weighted by Crippen LogP contribution is -2.57. The normalized spacial score (nSPS) is 22.8. The largest absolute Gasteiger partial charge is 0.495 e. The molecule has 3 unspecified atom stereocenters. The first-order valence-electron chi connectivity index (χ1n) is 14.9. The van der Waals surface area contributed by atoms with Gasteiger partial charge in [0.15, 0.2) is 0 Å². The van der Waals surface area contributed by atoms with Gasteiger partial charge in [0, 0.05) is 63.1 Å². The van der Waals surface area contributed by atoms with Gasteiger partial charge in [-0.1, -0.05) is 36.7 Å². The summed E-state index contributed by atoms with van der Waals surface area (Å²) in [4.78, 5) is 43.3. The summed E-state index contributed by atoms with van der Waals surface area (Å²) in [6, 6.07) is 1.36. The highest BCUT2D eigenvalue weighted by Crippen LogP contribution is 2.47. The Balaban J connectivity index is 1.35. The van der Waals surface area contributed by atoms with E-state index >= 15 is 0 Å². The molecule has 1 aromatic heterocycles. The van der Waals surface area contributed by atoms with E-state index in [2.05, 4.69) is 38.9 Å². The Labute approximate surface area is 268 Å². The van der Waals surface area contributed by atoms with Gasteiger partial charge in [0.1, 0.15) is 27.4 Å². The number of carbonyl (C=O) groups excluding carboxylic acids is 2. The summed E-state index contributed by atoms with van der Waals surface area (Å²) in [5.74, 6) is 1.31. The molecule has 0 spiro atoms. The van der Waals surface area contributed by atoms with Gasteiger partial charge in [0.05, 0.1) is 32.5 Å². The number of methoxy groups -OCH3 is 2. The summed E-state index contributed by atoms with van der Waals surface area (Å²) in [7, 11) is 4.60. The highest BCUT2D eigenvalue weighted by Gasteiger charge is 2.37. The van der Waals surface area contributed by atoms with Crippen LogP contribution in [0.1, 0.15) is 31.7 Å². The topological polar surface area (TPSA) is 115 Å². The van der Waals surface area contributed by atoms with Crippen molar-refractivity contribution in [3.63, 3.8) is 0 Å². The third kappa shape index (κ3) is 6.39. The molecule has 5 rings (SSSR count). The van der Waals surface area contributed by atoms with Gasteiger partial charge in [-0.15, -0.1) is 0 Å². The number of nitrogens with one attached hydrogen (secondary N) is 2. The van der Waals surface area contributed by atoms with E-state index in [4.69, 9.17) is 37.7 Å². The maximum atomic E-state index is 13.6. The summed E-state index contributed by atoms with van der Waals surface area (Å²) >= 11 is 13.2. The second-order valence-corrected chi connectivity index (χ2v) is 12.0. The van der Waals surface area contributed by atoms with Gasteiger partial charge >= 0.3 is 6.03 Å². The van der Waals surface area contributed by atoms with E-state index < -0.39 is 0 Å². The first-order chi connectivity index (χ1) is 21.2. The standard InChI is InChI=1S/C30H40Cl2N8O4/c1-6-24(41)34-21-14-19(39-12-10-38(7-2)11-13-39)8-9-20(21)35-29-33-16-18-17-40(30(42)37(3)28(18)36-29)27-25(31)22(43-4)15-23(44-5)26(27)32/h6,15-16,19-21H,1,7-14,17H2,2-5H3,(H,34,41)(H,33,35,36). The third-order valence-corrected chi connectivity index (χ3v) is 9.58. The molecule has 2 fully saturated rings. The van der Waals surface area contributed by atoms with Crippen LogP contribution in [0.3, 0.4) is 0 Å². The number of rotatable bonds is 9. The van der Waals surface area contributed by atoms with E-state index in [1.165, 1.54) is 30.1 Å². The molecular formula is C30H40Cl2N8O4. The number of nitrogens with zero attached hydrogens (tertiary/aromatic N) is 6. The summed E-state index contributed by atoms with van der Waals surface area (Å²) in [5.41, 5.74) is 0.987.